The molecule has 6 nitrogen and oxygen atoms in total. The Morgan fingerprint density at radius 1 is 1.00 bits per heavy atom. The zero-order valence-corrected chi connectivity index (χ0v) is 18.9. The first-order chi connectivity index (χ1) is 17.2. The van der Waals surface area contributed by atoms with Crippen LogP contribution in [0.2, 0.25) is 5.02 Å². The van der Waals surface area contributed by atoms with Crippen molar-refractivity contribution in [1.82, 2.24) is 9.78 Å². The van der Waals surface area contributed by atoms with Crippen LogP contribution in [-0.2, 0) is 6.18 Å². The predicted molar refractivity (Wildman–Crippen MR) is 131 cm³/mol. The van der Waals surface area contributed by atoms with Crippen molar-refractivity contribution in [2.24, 2.45) is 0 Å². The summed E-state index contributed by atoms with van der Waals surface area (Å²) < 4.78 is 43.6. The molecule has 1 aromatic heterocycles. The summed E-state index contributed by atoms with van der Waals surface area (Å²) in [6.45, 7) is 0. The fourth-order valence-electron chi connectivity index (χ4n) is 4.54. The van der Waals surface area contributed by atoms with Gasteiger partial charge in [-0.1, -0.05) is 41.9 Å². The summed E-state index contributed by atoms with van der Waals surface area (Å²) in [7, 11) is 0. The Labute approximate surface area is 206 Å². The van der Waals surface area contributed by atoms with E-state index in [0.717, 1.165) is 11.6 Å². The van der Waals surface area contributed by atoms with Crippen molar-refractivity contribution in [3.63, 3.8) is 0 Å². The number of nitrogens with one attached hydrogen (secondary N) is 2. The van der Waals surface area contributed by atoms with E-state index in [1.54, 1.807) is 48.5 Å². The van der Waals surface area contributed by atoms with Gasteiger partial charge in [0.05, 0.1) is 17.4 Å². The fraction of sp³-hybridized carbons (Fsp3) is 0.0385. The molecule has 36 heavy (non-hydrogen) atoms. The minimum Gasteiger partial charge on any atom is -0.322 e. The Bertz CT molecular complexity index is 1740. The number of carbonyl (C=O) groups excluding carboxylic acids is 2. The summed E-state index contributed by atoms with van der Waals surface area (Å²) in [4.78, 5) is 25.2. The maximum atomic E-state index is 14.3. The molecular weight excluding hydrogens is 493 g/mol. The lowest BCUT2D eigenvalue weighted by Gasteiger charge is -2.15. The number of benzene rings is 4. The van der Waals surface area contributed by atoms with Gasteiger partial charge in [0.2, 0.25) is 0 Å². The molecule has 0 atom stereocenters. The van der Waals surface area contributed by atoms with Crippen LogP contribution in [0.15, 0.2) is 72.9 Å². The van der Waals surface area contributed by atoms with E-state index in [0.29, 0.717) is 37.1 Å². The second-order valence-corrected chi connectivity index (χ2v) is 8.67. The van der Waals surface area contributed by atoms with Crippen molar-refractivity contribution in [3.8, 4) is 5.69 Å². The van der Waals surface area contributed by atoms with E-state index in [4.69, 9.17) is 11.6 Å². The van der Waals surface area contributed by atoms with Gasteiger partial charge in [0, 0.05) is 38.1 Å². The number of carbonyl (C=O) groups is 2. The SMILES string of the molecule is O=C(Nc1ccc2cccc(Cl)c2c1)c1cnn(-c2ccc3c4c(cccc24)C(=O)N3)c1C(F)(F)F. The van der Waals surface area contributed by atoms with Crippen molar-refractivity contribution in [2.45, 2.75) is 6.18 Å². The summed E-state index contributed by atoms with van der Waals surface area (Å²) >= 11 is 6.22. The Balaban J connectivity index is 1.46. The minimum absolute atomic E-state index is 0.0935. The molecule has 0 saturated heterocycles. The van der Waals surface area contributed by atoms with Gasteiger partial charge in [-0.2, -0.15) is 18.3 Å². The lowest BCUT2D eigenvalue weighted by molar-refractivity contribution is -0.143. The molecule has 1 aliphatic rings. The van der Waals surface area contributed by atoms with Crippen LogP contribution < -0.4 is 10.6 Å². The zero-order valence-electron chi connectivity index (χ0n) is 18.2. The van der Waals surface area contributed by atoms with Crippen LogP contribution in [0.25, 0.3) is 27.2 Å². The summed E-state index contributed by atoms with van der Waals surface area (Å²) in [6, 6.07) is 17.9. The Morgan fingerprint density at radius 3 is 2.61 bits per heavy atom. The lowest BCUT2D eigenvalue weighted by Crippen LogP contribution is -2.20. The van der Waals surface area contributed by atoms with Gasteiger partial charge in [-0.25, -0.2) is 4.68 Å². The second kappa shape index (κ2) is 7.82. The number of aromatic nitrogens is 2. The molecule has 0 unspecified atom stereocenters. The van der Waals surface area contributed by atoms with Crippen molar-refractivity contribution < 1.29 is 22.8 Å². The minimum atomic E-state index is -4.90. The third-order valence-corrected chi connectivity index (χ3v) is 6.44. The van der Waals surface area contributed by atoms with E-state index in [2.05, 4.69) is 15.7 Å². The van der Waals surface area contributed by atoms with E-state index in [9.17, 15) is 22.8 Å². The molecule has 2 N–H and O–H groups in total. The van der Waals surface area contributed by atoms with Crippen LogP contribution in [-0.4, -0.2) is 21.6 Å². The monoisotopic (exact) mass is 506 g/mol. The molecule has 0 radical (unpaired) electrons. The molecule has 6 rings (SSSR count). The summed E-state index contributed by atoms with van der Waals surface area (Å²) in [5, 5.41) is 12.0. The Kier molecular flexibility index (Phi) is 4.81. The lowest BCUT2D eigenvalue weighted by atomic mass is 10.0. The highest BCUT2D eigenvalue weighted by molar-refractivity contribution is 6.35. The first-order valence-electron chi connectivity index (χ1n) is 10.7. The number of hydrogen-bond acceptors (Lipinski definition) is 3. The zero-order chi connectivity index (χ0) is 25.2. The van der Waals surface area contributed by atoms with Crippen molar-refractivity contribution in [2.75, 3.05) is 10.6 Å². The number of nitrogens with zero attached hydrogens (tertiary/aromatic N) is 2. The van der Waals surface area contributed by atoms with Crippen LogP contribution >= 0.6 is 11.6 Å². The molecule has 1 aliphatic heterocycles. The largest absolute Gasteiger partial charge is 0.434 e. The summed E-state index contributed by atoms with van der Waals surface area (Å²) in [5.41, 5.74) is -0.621. The average molecular weight is 507 g/mol. The smallest absolute Gasteiger partial charge is 0.322 e. The second-order valence-electron chi connectivity index (χ2n) is 8.26. The van der Waals surface area contributed by atoms with Gasteiger partial charge in [-0.3, -0.25) is 9.59 Å². The van der Waals surface area contributed by atoms with Crippen LogP contribution in [0.1, 0.15) is 26.4 Å². The summed E-state index contributed by atoms with van der Waals surface area (Å²) in [6.07, 6.45) is -4.01. The molecule has 0 bridgehead atoms. The first kappa shape index (κ1) is 22.1. The van der Waals surface area contributed by atoms with Crippen molar-refractivity contribution >= 4 is 56.3 Å². The number of hydrogen-bond donors (Lipinski definition) is 2. The molecule has 0 spiro atoms. The number of anilines is 2. The van der Waals surface area contributed by atoms with Gasteiger partial charge < -0.3 is 10.6 Å². The summed E-state index contributed by atoms with van der Waals surface area (Å²) in [5.74, 6) is -1.30. The highest BCUT2D eigenvalue weighted by atomic mass is 35.5. The maximum absolute atomic E-state index is 14.3. The van der Waals surface area contributed by atoms with E-state index in [1.165, 1.54) is 12.1 Å². The van der Waals surface area contributed by atoms with Gasteiger partial charge in [0.1, 0.15) is 0 Å². The number of halogens is 4. The van der Waals surface area contributed by atoms with Gasteiger partial charge in [0.15, 0.2) is 5.69 Å². The molecule has 0 aliphatic carbocycles. The molecule has 4 aromatic carbocycles. The van der Waals surface area contributed by atoms with Crippen LogP contribution in [0, 0.1) is 0 Å². The molecule has 178 valence electrons. The highest BCUT2D eigenvalue weighted by Gasteiger charge is 2.41. The van der Waals surface area contributed by atoms with E-state index in [1.807, 2.05) is 6.07 Å². The van der Waals surface area contributed by atoms with Gasteiger partial charge in [-0.05, 0) is 41.8 Å². The highest BCUT2D eigenvalue weighted by Crippen LogP contribution is 2.39. The van der Waals surface area contributed by atoms with Gasteiger partial charge >= 0.3 is 6.18 Å². The Hall–Kier alpha value is -4.37. The number of rotatable bonds is 3. The third-order valence-electron chi connectivity index (χ3n) is 6.11. The first-order valence-corrected chi connectivity index (χ1v) is 11.1. The van der Waals surface area contributed by atoms with Gasteiger partial charge in [0.25, 0.3) is 11.8 Å². The standard InChI is InChI=1S/C26H14ClF3N4O2/c27-19-6-1-3-13-7-8-14(11-17(13)19)32-25(36)18-12-31-34(23(18)26(28,29)30)21-10-9-20-22-15(21)4-2-5-16(22)24(35)33-20/h1-12H,(H,32,36)(H,33,35). The normalized spacial score (nSPS) is 12.8. The van der Waals surface area contributed by atoms with Crippen LogP contribution in [0.3, 0.4) is 0 Å². The van der Waals surface area contributed by atoms with E-state index in [-0.39, 0.29) is 17.3 Å². The van der Waals surface area contributed by atoms with Crippen molar-refractivity contribution in [3.05, 3.63) is 94.8 Å². The van der Waals surface area contributed by atoms with Gasteiger partial charge in [-0.15, -0.1) is 0 Å². The quantitative estimate of drug-likeness (QED) is 0.287. The van der Waals surface area contributed by atoms with Crippen LogP contribution in [0.5, 0.6) is 0 Å². The molecule has 2 amide bonds. The average Bonchev–Trinajstić information content (AvgIpc) is 3.43. The number of fused-ring (bicyclic) bond motifs is 1. The molecular formula is C26H14ClF3N4O2. The van der Waals surface area contributed by atoms with Crippen LogP contribution in [0.4, 0.5) is 24.5 Å². The molecule has 2 heterocycles. The van der Waals surface area contributed by atoms with Crippen molar-refractivity contribution in [1.29, 1.82) is 0 Å². The van der Waals surface area contributed by atoms with E-state index >= 15 is 0 Å². The predicted octanol–water partition coefficient (Wildman–Crippen LogP) is 6.67. The topological polar surface area (TPSA) is 76.0 Å². The molecule has 5 aromatic rings. The molecule has 0 fully saturated rings. The molecule has 0 saturated carbocycles. The fourth-order valence-corrected chi connectivity index (χ4v) is 4.78. The maximum Gasteiger partial charge on any atom is 0.434 e. The molecule has 10 heteroatoms. The number of amides is 2. The Morgan fingerprint density at radius 2 is 1.81 bits per heavy atom. The third kappa shape index (κ3) is 3.39. The van der Waals surface area contributed by atoms with E-state index < -0.39 is 23.3 Å². The number of alkyl halides is 3.